The van der Waals surface area contributed by atoms with Gasteiger partial charge in [0.2, 0.25) is 5.91 Å². The number of benzene rings is 1. The minimum atomic E-state index is -0.0597. The zero-order chi connectivity index (χ0) is 13.4. The Morgan fingerprint density at radius 2 is 2.00 bits per heavy atom. The molecule has 0 bridgehead atoms. The predicted molar refractivity (Wildman–Crippen MR) is 73.6 cm³/mol. The second-order valence-corrected chi connectivity index (χ2v) is 4.62. The van der Waals surface area contributed by atoms with Crippen LogP contribution in [0.15, 0.2) is 30.3 Å². The molecule has 3 nitrogen and oxygen atoms in total. The van der Waals surface area contributed by atoms with E-state index in [1.165, 1.54) is 0 Å². The highest BCUT2D eigenvalue weighted by Crippen LogP contribution is 2.21. The van der Waals surface area contributed by atoms with Crippen LogP contribution >= 0.6 is 0 Å². The van der Waals surface area contributed by atoms with Gasteiger partial charge in [0.25, 0.3) is 0 Å². The zero-order valence-electron chi connectivity index (χ0n) is 11.5. The van der Waals surface area contributed by atoms with Gasteiger partial charge in [-0.25, -0.2) is 0 Å². The molecule has 1 rings (SSSR count). The fraction of sp³-hybridized carbons (Fsp3) is 0.533. The predicted octanol–water partition coefficient (Wildman–Crippen LogP) is 2.72. The van der Waals surface area contributed by atoms with Crippen LogP contribution in [0.4, 0.5) is 0 Å². The van der Waals surface area contributed by atoms with Gasteiger partial charge in [-0.1, -0.05) is 43.7 Å². The Hall–Kier alpha value is -1.35. The molecule has 0 unspecified atom stereocenters. The molecule has 18 heavy (non-hydrogen) atoms. The fourth-order valence-electron chi connectivity index (χ4n) is 2.06. The number of rotatable bonds is 7. The number of nitrogens with one attached hydrogen (secondary N) is 1. The monoisotopic (exact) mass is 249 g/mol. The smallest absolute Gasteiger partial charge is 0.227 e. The minimum Gasteiger partial charge on any atom is -0.383 e. The molecule has 0 saturated carbocycles. The van der Waals surface area contributed by atoms with Gasteiger partial charge < -0.3 is 10.1 Å². The van der Waals surface area contributed by atoms with Gasteiger partial charge in [0.05, 0.1) is 12.5 Å². The van der Waals surface area contributed by atoms with Gasteiger partial charge in [-0.15, -0.1) is 0 Å². The first-order chi connectivity index (χ1) is 8.69. The van der Waals surface area contributed by atoms with E-state index in [0.29, 0.717) is 6.61 Å². The molecule has 1 N–H and O–H groups in total. The normalized spacial score (nSPS) is 13.9. The molecule has 2 atom stereocenters. The van der Waals surface area contributed by atoms with Crippen molar-refractivity contribution in [3.05, 3.63) is 35.9 Å². The van der Waals surface area contributed by atoms with Crippen molar-refractivity contribution < 1.29 is 9.53 Å². The summed E-state index contributed by atoms with van der Waals surface area (Å²) in [5.41, 5.74) is 1.08. The first-order valence-electron chi connectivity index (χ1n) is 6.53. The van der Waals surface area contributed by atoms with Crippen molar-refractivity contribution >= 4 is 5.91 Å². The van der Waals surface area contributed by atoms with Crippen molar-refractivity contribution in [3.8, 4) is 0 Å². The summed E-state index contributed by atoms with van der Waals surface area (Å²) in [5, 5.41) is 3.00. The molecule has 1 aromatic carbocycles. The molecule has 3 heteroatoms. The van der Waals surface area contributed by atoms with Crippen LogP contribution in [0.3, 0.4) is 0 Å². The highest BCUT2D eigenvalue weighted by atomic mass is 16.5. The molecule has 0 aliphatic rings. The van der Waals surface area contributed by atoms with Gasteiger partial charge >= 0.3 is 0 Å². The summed E-state index contributed by atoms with van der Waals surface area (Å²) in [4.78, 5) is 12.3. The summed E-state index contributed by atoms with van der Waals surface area (Å²) in [6, 6.07) is 10.00. The molecule has 0 spiro atoms. The van der Waals surface area contributed by atoms with E-state index in [9.17, 15) is 4.79 Å². The Balaban J connectivity index is 2.70. The van der Waals surface area contributed by atoms with E-state index >= 15 is 0 Å². The first kappa shape index (κ1) is 14.7. The van der Waals surface area contributed by atoms with Crippen LogP contribution in [-0.2, 0) is 9.53 Å². The van der Waals surface area contributed by atoms with E-state index in [4.69, 9.17) is 4.74 Å². The molecular formula is C15H23NO2. The van der Waals surface area contributed by atoms with Gasteiger partial charge in [0.1, 0.15) is 0 Å². The summed E-state index contributed by atoms with van der Waals surface area (Å²) in [6.07, 6.45) is 1.86. The first-order valence-corrected chi connectivity index (χ1v) is 6.53. The SMILES string of the molecule is CCC[C@H](C(=O)N[C@H](C)COC)c1ccccc1. The van der Waals surface area contributed by atoms with Gasteiger partial charge in [0.15, 0.2) is 0 Å². The number of carbonyl (C=O) groups is 1. The van der Waals surface area contributed by atoms with Crippen LogP contribution < -0.4 is 5.32 Å². The Bertz CT molecular complexity index is 351. The Kier molecular flexibility index (Phi) is 6.44. The van der Waals surface area contributed by atoms with Crippen LogP contribution in [0.2, 0.25) is 0 Å². The van der Waals surface area contributed by atoms with Crippen LogP contribution in [0.25, 0.3) is 0 Å². The lowest BCUT2D eigenvalue weighted by molar-refractivity contribution is -0.123. The maximum absolute atomic E-state index is 12.3. The van der Waals surface area contributed by atoms with Gasteiger partial charge in [0, 0.05) is 13.2 Å². The van der Waals surface area contributed by atoms with Crippen molar-refractivity contribution in [2.24, 2.45) is 0 Å². The van der Waals surface area contributed by atoms with Crippen molar-refractivity contribution in [2.45, 2.75) is 38.6 Å². The van der Waals surface area contributed by atoms with Gasteiger partial charge in [-0.2, -0.15) is 0 Å². The Morgan fingerprint density at radius 1 is 1.33 bits per heavy atom. The fourth-order valence-corrected chi connectivity index (χ4v) is 2.06. The number of ether oxygens (including phenoxy) is 1. The van der Waals surface area contributed by atoms with Crippen molar-refractivity contribution in [1.29, 1.82) is 0 Å². The standard InChI is InChI=1S/C15H23NO2/c1-4-8-14(13-9-6-5-7-10-13)15(17)16-12(2)11-18-3/h5-7,9-10,12,14H,4,8,11H2,1-3H3,(H,16,17)/t12-,14+/m1/s1. The average molecular weight is 249 g/mol. The summed E-state index contributed by atoms with van der Waals surface area (Å²) in [7, 11) is 1.64. The maximum atomic E-state index is 12.3. The lowest BCUT2D eigenvalue weighted by Crippen LogP contribution is -2.38. The second-order valence-electron chi connectivity index (χ2n) is 4.62. The van der Waals surface area contributed by atoms with E-state index in [1.807, 2.05) is 37.3 Å². The van der Waals surface area contributed by atoms with Crippen LogP contribution in [-0.4, -0.2) is 25.7 Å². The summed E-state index contributed by atoms with van der Waals surface area (Å²) in [5.74, 6) is 0.0307. The van der Waals surface area contributed by atoms with E-state index in [2.05, 4.69) is 12.2 Å². The molecule has 0 aliphatic carbocycles. The molecule has 0 fully saturated rings. The van der Waals surface area contributed by atoms with Crippen LogP contribution in [0.5, 0.6) is 0 Å². The molecule has 0 heterocycles. The minimum absolute atomic E-state index is 0.0468. The average Bonchev–Trinajstić information content (AvgIpc) is 2.37. The molecule has 100 valence electrons. The third-order valence-electron chi connectivity index (χ3n) is 2.90. The molecule has 0 aliphatic heterocycles. The number of methoxy groups -OCH3 is 1. The second kappa shape index (κ2) is 7.88. The lowest BCUT2D eigenvalue weighted by Gasteiger charge is -2.20. The largest absolute Gasteiger partial charge is 0.383 e. The Morgan fingerprint density at radius 3 is 2.56 bits per heavy atom. The number of amides is 1. The Labute approximate surface area is 110 Å². The van der Waals surface area contributed by atoms with Crippen molar-refractivity contribution in [1.82, 2.24) is 5.32 Å². The van der Waals surface area contributed by atoms with Crippen LogP contribution in [0, 0.1) is 0 Å². The van der Waals surface area contributed by atoms with Gasteiger partial charge in [-0.3, -0.25) is 4.79 Å². The molecule has 0 saturated heterocycles. The number of hydrogen-bond donors (Lipinski definition) is 1. The molecular weight excluding hydrogens is 226 g/mol. The van der Waals surface area contributed by atoms with E-state index in [-0.39, 0.29) is 17.9 Å². The molecule has 0 radical (unpaired) electrons. The van der Waals surface area contributed by atoms with E-state index < -0.39 is 0 Å². The quantitative estimate of drug-likeness (QED) is 0.807. The third-order valence-corrected chi connectivity index (χ3v) is 2.90. The molecule has 1 amide bonds. The topological polar surface area (TPSA) is 38.3 Å². The van der Waals surface area contributed by atoms with Crippen molar-refractivity contribution in [2.75, 3.05) is 13.7 Å². The van der Waals surface area contributed by atoms with Crippen molar-refractivity contribution in [3.63, 3.8) is 0 Å². The summed E-state index contributed by atoms with van der Waals surface area (Å²) in [6.45, 7) is 4.59. The van der Waals surface area contributed by atoms with E-state index in [1.54, 1.807) is 7.11 Å². The molecule has 0 aromatic heterocycles. The number of carbonyl (C=O) groups excluding carboxylic acids is 1. The van der Waals surface area contributed by atoms with Crippen LogP contribution in [0.1, 0.15) is 38.2 Å². The van der Waals surface area contributed by atoms with Gasteiger partial charge in [-0.05, 0) is 18.9 Å². The summed E-state index contributed by atoms with van der Waals surface area (Å²) >= 11 is 0. The third kappa shape index (κ3) is 4.49. The summed E-state index contributed by atoms with van der Waals surface area (Å²) < 4.78 is 5.04. The molecule has 1 aromatic rings. The maximum Gasteiger partial charge on any atom is 0.227 e. The highest BCUT2D eigenvalue weighted by Gasteiger charge is 2.20. The lowest BCUT2D eigenvalue weighted by atomic mass is 9.93. The zero-order valence-corrected chi connectivity index (χ0v) is 11.5. The highest BCUT2D eigenvalue weighted by molar-refractivity contribution is 5.83. The van der Waals surface area contributed by atoms with E-state index in [0.717, 1.165) is 18.4 Å². The number of hydrogen-bond acceptors (Lipinski definition) is 2.